The predicted molar refractivity (Wildman–Crippen MR) is 79.5 cm³/mol. The molecule has 7 heteroatoms. The van der Waals surface area contributed by atoms with E-state index in [4.69, 9.17) is 11.6 Å². The molecule has 0 aliphatic heterocycles. The Morgan fingerprint density at radius 1 is 1.15 bits per heavy atom. The van der Waals surface area contributed by atoms with Crippen LogP contribution in [0.4, 0.5) is 11.9 Å². The van der Waals surface area contributed by atoms with Gasteiger partial charge in [0, 0.05) is 20.6 Å². The van der Waals surface area contributed by atoms with Crippen LogP contribution in [0, 0.1) is 0 Å². The fourth-order valence-electron chi connectivity index (χ4n) is 1.60. The molecule has 106 valence electrons. The lowest BCUT2D eigenvalue weighted by atomic mass is 10.1. The van der Waals surface area contributed by atoms with Crippen molar-refractivity contribution in [2.24, 2.45) is 0 Å². The largest absolute Gasteiger partial charge is 0.508 e. The summed E-state index contributed by atoms with van der Waals surface area (Å²) in [6, 6.07) is 7.09. The molecule has 20 heavy (non-hydrogen) atoms. The maximum absolute atomic E-state index is 9.21. The molecule has 2 rings (SSSR count). The molecule has 0 fully saturated rings. The maximum Gasteiger partial charge on any atom is 0.230 e. The number of aromatic nitrogens is 3. The molecule has 6 nitrogen and oxygen atoms in total. The minimum atomic E-state index is 0.163. The van der Waals surface area contributed by atoms with Crippen molar-refractivity contribution >= 4 is 23.5 Å². The average molecular weight is 294 g/mol. The molecule has 0 aliphatic rings. The summed E-state index contributed by atoms with van der Waals surface area (Å²) in [6.07, 6.45) is 0.793. The third kappa shape index (κ3) is 3.96. The van der Waals surface area contributed by atoms with Gasteiger partial charge in [0.2, 0.25) is 17.2 Å². The fraction of sp³-hybridized carbons (Fsp3) is 0.308. The number of phenols is 1. The number of nitrogens with zero attached hydrogens (tertiary/aromatic N) is 4. The molecule has 1 aromatic carbocycles. The summed E-state index contributed by atoms with van der Waals surface area (Å²) < 4.78 is 0. The molecule has 1 aromatic heterocycles. The molecule has 0 amide bonds. The van der Waals surface area contributed by atoms with Crippen molar-refractivity contribution in [1.82, 2.24) is 15.0 Å². The van der Waals surface area contributed by atoms with Gasteiger partial charge < -0.3 is 15.3 Å². The number of hydrogen-bond acceptors (Lipinski definition) is 6. The van der Waals surface area contributed by atoms with Gasteiger partial charge in [-0.1, -0.05) is 12.1 Å². The third-order valence-electron chi connectivity index (χ3n) is 2.63. The molecule has 0 atom stereocenters. The molecule has 0 unspecified atom stereocenters. The highest BCUT2D eigenvalue weighted by Gasteiger charge is 2.06. The molecule has 0 bridgehead atoms. The first-order valence-electron chi connectivity index (χ1n) is 6.15. The molecule has 1 heterocycles. The van der Waals surface area contributed by atoms with Crippen LogP contribution in [0.2, 0.25) is 5.28 Å². The Hall–Kier alpha value is -2.08. The summed E-state index contributed by atoms with van der Waals surface area (Å²) in [5.74, 6) is 1.23. The van der Waals surface area contributed by atoms with Crippen molar-refractivity contribution in [3.63, 3.8) is 0 Å². The summed E-state index contributed by atoms with van der Waals surface area (Å²) in [5.41, 5.74) is 1.11. The zero-order valence-corrected chi connectivity index (χ0v) is 12.1. The lowest BCUT2D eigenvalue weighted by molar-refractivity contribution is 0.475. The topological polar surface area (TPSA) is 74.2 Å². The first kappa shape index (κ1) is 14.3. The van der Waals surface area contributed by atoms with E-state index in [9.17, 15) is 5.11 Å². The van der Waals surface area contributed by atoms with Crippen LogP contribution < -0.4 is 10.2 Å². The van der Waals surface area contributed by atoms with E-state index in [1.807, 2.05) is 26.2 Å². The standard InChI is InChI=1S/C13H16ClN5O/c1-19(2)13-17-11(14)16-12(18-13)15-8-7-9-3-5-10(20)6-4-9/h3-6,20H,7-8H2,1-2H3,(H,15,16,17,18). The van der Waals surface area contributed by atoms with Gasteiger partial charge in [-0.25, -0.2) is 0 Å². The Balaban J connectivity index is 1.95. The van der Waals surface area contributed by atoms with E-state index in [0.29, 0.717) is 18.4 Å². The molecular weight excluding hydrogens is 278 g/mol. The number of phenolic OH excluding ortho intramolecular Hbond substituents is 1. The van der Waals surface area contributed by atoms with E-state index >= 15 is 0 Å². The monoisotopic (exact) mass is 293 g/mol. The second-order valence-corrected chi connectivity index (χ2v) is 4.80. The SMILES string of the molecule is CN(C)c1nc(Cl)nc(NCCc2ccc(O)cc2)n1. The minimum Gasteiger partial charge on any atom is -0.508 e. The van der Waals surface area contributed by atoms with Crippen LogP contribution in [0.3, 0.4) is 0 Å². The first-order chi connectivity index (χ1) is 9.54. The van der Waals surface area contributed by atoms with Crippen LogP contribution in [-0.2, 0) is 6.42 Å². The van der Waals surface area contributed by atoms with Crippen LogP contribution in [0.5, 0.6) is 5.75 Å². The van der Waals surface area contributed by atoms with Gasteiger partial charge in [-0.3, -0.25) is 0 Å². The van der Waals surface area contributed by atoms with Crippen LogP contribution in [-0.4, -0.2) is 40.7 Å². The minimum absolute atomic E-state index is 0.163. The van der Waals surface area contributed by atoms with Crippen LogP contribution in [0.1, 0.15) is 5.56 Å². The number of nitrogens with one attached hydrogen (secondary N) is 1. The van der Waals surface area contributed by atoms with Gasteiger partial charge >= 0.3 is 0 Å². The molecule has 0 radical (unpaired) electrons. The van der Waals surface area contributed by atoms with Crippen LogP contribution in [0.25, 0.3) is 0 Å². The number of halogens is 1. The zero-order valence-electron chi connectivity index (χ0n) is 11.3. The second-order valence-electron chi connectivity index (χ2n) is 4.47. The molecule has 0 saturated heterocycles. The van der Waals surface area contributed by atoms with Gasteiger partial charge in [-0.15, -0.1) is 0 Å². The van der Waals surface area contributed by atoms with Gasteiger partial charge in [0.15, 0.2) is 0 Å². The molecule has 0 saturated carbocycles. The quantitative estimate of drug-likeness (QED) is 0.878. The molecule has 2 N–H and O–H groups in total. The van der Waals surface area contributed by atoms with Crippen molar-refractivity contribution in [2.45, 2.75) is 6.42 Å². The van der Waals surface area contributed by atoms with Gasteiger partial charge in [0.25, 0.3) is 0 Å². The van der Waals surface area contributed by atoms with Crippen molar-refractivity contribution in [1.29, 1.82) is 0 Å². The summed E-state index contributed by atoms with van der Waals surface area (Å²) in [6.45, 7) is 0.665. The smallest absolute Gasteiger partial charge is 0.230 e. The fourth-order valence-corrected chi connectivity index (χ4v) is 1.76. The molecular formula is C13H16ClN5O. The van der Waals surface area contributed by atoms with Gasteiger partial charge in [-0.2, -0.15) is 15.0 Å². The van der Waals surface area contributed by atoms with E-state index < -0.39 is 0 Å². The lowest BCUT2D eigenvalue weighted by Crippen LogP contribution is -2.16. The summed E-state index contributed by atoms with van der Waals surface area (Å²) >= 11 is 5.85. The third-order valence-corrected chi connectivity index (χ3v) is 2.80. The number of aromatic hydroxyl groups is 1. The van der Waals surface area contributed by atoms with Gasteiger partial charge in [0.05, 0.1) is 0 Å². The summed E-state index contributed by atoms with van der Waals surface area (Å²) in [5, 5.41) is 12.5. The van der Waals surface area contributed by atoms with Crippen molar-refractivity contribution in [3.05, 3.63) is 35.1 Å². The number of hydrogen-bond donors (Lipinski definition) is 2. The van der Waals surface area contributed by atoms with Gasteiger partial charge in [0.1, 0.15) is 5.75 Å². The Labute approximate surface area is 122 Å². The highest BCUT2D eigenvalue weighted by atomic mass is 35.5. The molecule has 2 aromatic rings. The number of rotatable bonds is 5. The second kappa shape index (κ2) is 6.38. The Kier molecular flexibility index (Phi) is 4.57. The van der Waals surface area contributed by atoms with E-state index in [-0.39, 0.29) is 11.0 Å². The maximum atomic E-state index is 9.21. The Morgan fingerprint density at radius 2 is 1.85 bits per heavy atom. The number of benzene rings is 1. The predicted octanol–water partition coefficient (Wildman–Crippen LogP) is 1.95. The molecule has 0 aliphatic carbocycles. The van der Waals surface area contributed by atoms with Crippen molar-refractivity contribution < 1.29 is 5.11 Å². The zero-order chi connectivity index (χ0) is 14.5. The van der Waals surface area contributed by atoms with Gasteiger partial charge in [-0.05, 0) is 35.7 Å². The lowest BCUT2D eigenvalue weighted by Gasteiger charge is -2.11. The van der Waals surface area contributed by atoms with Crippen molar-refractivity contribution in [2.75, 3.05) is 30.9 Å². The van der Waals surface area contributed by atoms with E-state index in [0.717, 1.165) is 12.0 Å². The van der Waals surface area contributed by atoms with E-state index in [1.165, 1.54) is 0 Å². The number of anilines is 2. The highest BCUT2D eigenvalue weighted by molar-refractivity contribution is 6.28. The first-order valence-corrected chi connectivity index (χ1v) is 6.53. The Bertz CT molecular complexity index is 573. The van der Waals surface area contributed by atoms with Crippen molar-refractivity contribution in [3.8, 4) is 5.75 Å². The van der Waals surface area contributed by atoms with Crippen LogP contribution >= 0.6 is 11.6 Å². The molecule has 0 spiro atoms. The summed E-state index contributed by atoms with van der Waals surface area (Å²) in [7, 11) is 3.68. The summed E-state index contributed by atoms with van der Waals surface area (Å²) in [4.78, 5) is 14.0. The highest BCUT2D eigenvalue weighted by Crippen LogP contribution is 2.12. The van der Waals surface area contributed by atoms with E-state index in [1.54, 1.807) is 17.0 Å². The van der Waals surface area contributed by atoms with E-state index in [2.05, 4.69) is 20.3 Å². The Morgan fingerprint density at radius 3 is 2.50 bits per heavy atom. The normalized spacial score (nSPS) is 10.3. The van der Waals surface area contributed by atoms with Crippen LogP contribution in [0.15, 0.2) is 24.3 Å². The average Bonchev–Trinajstić information content (AvgIpc) is 2.40.